The number of hydrogen-bond acceptors (Lipinski definition) is 3. The molecule has 0 fully saturated rings. The Balaban J connectivity index is 2.43. The molecule has 25 heavy (non-hydrogen) atoms. The molecule has 0 saturated heterocycles. The van der Waals surface area contributed by atoms with Crippen LogP contribution in [-0.2, 0) is 0 Å². The van der Waals surface area contributed by atoms with Crippen molar-refractivity contribution >= 4 is 50.9 Å². The first-order valence-electron chi connectivity index (χ1n) is 7.71. The van der Waals surface area contributed by atoms with Crippen LogP contribution in [0.15, 0.2) is 54.6 Å². The van der Waals surface area contributed by atoms with Crippen LogP contribution in [0.4, 0.5) is 0 Å². The lowest BCUT2D eigenvalue weighted by atomic mass is 9.88. The van der Waals surface area contributed by atoms with Crippen molar-refractivity contribution < 1.29 is 19.5 Å². The largest absolute Gasteiger partial charge is 0.478 e. The monoisotopic (exact) mass is 328 g/mol. The maximum atomic E-state index is 11.8. The Labute approximate surface area is 142 Å². The smallest absolute Gasteiger partial charge is 0.336 e. The lowest BCUT2D eigenvalue weighted by Crippen LogP contribution is -2.06. The normalized spacial score (nSPS) is 11.0. The molecule has 0 bridgehead atoms. The number of benzene rings is 4. The molecule has 4 nitrogen and oxygen atoms in total. The maximum absolute atomic E-state index is 11.8. The first kappa shape index (κ1) is 15.0. The molecule has 0 saturated carbocycles. The average Bonchev–Trinajstić information content (AvgIpc) is 2.66. The maximum Gasteiger partial charge on any atom is 0.336 e. The number of carboxylic acid groups (broad SMARTS) is 1. The Morgan fingerprint density at radius 2 is 1.20 bits per heavy atom. The third-order valence-electron chi connectivity index (χ3n) is 4.58. The number of hydrogen-bond donors (Lipinski definition) is 1. The summed E-state index contributed by atoms with van der Waals surface area (Å²) in [7, 11) is 0. The van der Waals surface area contributed by atoms with Gasteiger partial charge in [-0.05, 0) is 33.0 Å². The number of aromatic carboxylic acids is 1. The van der Waals surface area contributed by atoms with Crippen LogP contribution in [0.25, 0.3) is 32.3 Å². The van der Waals surface area contributed by atoms with E-state index < -0.39 is 5.97 Å². The van der Waals surface area contributed by atoms with Crippen LogP contribution in [-0.4, -0.2) is 23.6 Å². The Morgan fingerprint density at radius 3 is 1.72 bits per heavy atom. The fraction of sp³-hybridized carbons (Fsp3) is 0. The van der Waals surface area contributed by atoms with Gasteiger partial charge in [-0.15, -0.1) is 0 Å². The zero-order valence-electron chi connectivity index (χ0n) is 13.0. The molecule has 4 heteroatoms. The Bertz CT molecular complexity index is 1210. The molecule has 0 amide bonds. The van der Waals surface area contributed by atoms with E-state index in [2.05, 4.69) is 0 Å². The molecule has 0 aliphatic rings. The summed E-state index contributed by atoms with van der Waals surface area (Å²) < 4.78 is 0. The average molecular weight is 328 g/mol. The van der Waals surface area contributed by atoms with Crippen LogP contribution >= 0.6 is 0 Å². The summed E-state index contributed by atoms with van der Waals surface area (Å²) in [6, 6.07) is 16.7. The highest BCUT2D eigenvalue weighted by molar-refractivity contribution is 6.30. The molecule has 0 unspecified atom stereocenters. The quantitative estimate of drug-likeness (QED) is 0.445. The van der Waals surface area contributed by atoms with Crippen molar-refractivity contribution in [1.82, 2.24) is 0 Å². The number of carbonyl (C=O) groups is 3. The summed E-state index contributed by atoms with van der Waals surface area (Å²) in [4.78, 5) is 35.0. The van der Waals surface area contributed by atoms with E-state index in [4.69, 9.17) is 0 Å². The second-order valence-electron chi connectivity index (χ2n) is 5.81. The SMILES string of the molecule is O=Cc1c(C(=O)O)cc2c3ccccc3c3ccccc3c2c1C=O. The molecule has 0 atom stereocenters. The summed E-state index contributed by atoms with van der Waals surface area (Å²) >= 11 is 0. The lowest BCUT2D eigenvalue weighted by molar-refractivity contribution is 0.0694. The second-order valence-corrected chi connectivity index (χ2v) is 5.81. The van der Waals surface area contributed by atoms with Gasteiger partial charge in [0.15, 0.2) is 12.6 Å². The summed E-state index contributed by atoms with van der Waals surface area (Å²) in [6.45, 7) is 0. The minimum Gasteiger partial charge on any atom is -0.478 e. The summed E-state index contributed by atoms with van der Waals surface area (Å²) in [5.41, 5.74) is -0.132. The van der Waals surface area contributed by atoms with Crippen molar-refractivity contribution in [3.8, 4) is 0 Å². The van der Waals surface area contributed by atoms with E-state index in [0.717, 1.165) is 21.5 Å². The van der Waals surface area contributed by atoms with Gasteiger partial charge in [-0.3, -0.25) is 9.59 Å². The van der Waals surface area contributed by atoms with E-state index in [1.165, 1.54) is 6.07 Å². The molecule has 0 aromatic heterocycles. The molecule has 4 rings (SSSR count). The number of rotatable bonds is 3. The predicted molar refractivity (Wildman–Crippen MR) is 96.7 cm³/mol. The number of carbonyl (C=O) groups excluding carboxylic acids is 2. The number of fused-ring (bicyclic) bond motifs is 6. The number of carboxylic acids is 1. The van der Waals surface area contributed by atoms with Crippen molar-refractivity contribution in [2.75, 3.05) is 0 Å². The minimum absolute atomic E-state index is 0.0876. The third kappa shape index (κ3) is 2.04. The van der Waals surface area contributed by atoms with Crippen LogP contribution in [0.5, 0.6) is 0 Å². The molecule has 1 N–H and O–H groups in total. The van der Waals surface area contributed by atoms with Gasteiger partial charge in [0.25, 0.3) is 0 Å². The van der Waals surface area contributed by atoms with Crippen LogP contribution in [0.3, 0.4) is 0 Å². The van der Waals surface area contributed by atoms with Crippen LogP contribution in [0.2, 0.25) is 0 Å². The van der Waals surface area contributed by atoms with Gasteiger partial charge in [-0.2, -0.15) is 0 Å². The van der Waals surface area contributed by atoms with Crippen molar-refractivity contribution in [3.63, 3.8) is 0 Å². The Hall–Kier alpha value is -3.53. The molecule has 0 radical (unpaired) electrons. The molecule has 0 spiro atoms. The highest BCUT2D eigenvalue weighted by atomic mass is 16.4. The van der Waals surface area contributed by atoms with Crippen LogP contribution in [0, 0.1) is 0 Å². The predicted octanol–water partition coefficient (Wildman–Crippen LogP) is 4.47. The van der Waals surface area contributed by atoms with Crippen molar-refractivity contribution in [1.29, 1.82) is 0 Å². The van der Waals surface area contributed by atoms with E-state index in [0.29, 0.717) is 23.3 Å². The van der Waals surface area contributed by atoms with Gasteiger partial charge in [0.2, 0.25) is 0 Å². The molecular formula is C21H12O4. The molecule has 0 aliphatic carbocycles. The van der Waals surface area contributed by atoms with E-state index >= 15 is 0 Å². The lowest BCUT2D eigenvalue weighted by Gasteiger charge is -2.14. The number of aldehydes is 2. The third-order valence-corrected chi connectivity index (χ3v) is 4.58. The molecule has 4 aromatic rings. The van der Waals surface area contributed by atoms with Gasteiger partial charge < -0.3 is 5.11 Å². The second kappa shape index (κ2) is 5.53. The topological polar surface area (TPSA) is 71.4 Å². The molecule has 4 aromatic carbocycles. The van der Waals surface area contributed by atoms with E-state index in [-0.39, 0.29) is 16.7 Å². The zero-order chi connectivity index (χ0) is 17.6. The molecule has 120 valence electrons. The van der Waals surface area contributed by atoms with Gasteiger partial charge in [0.05, 0.1) is 5.56 Å². The van der Waals surface area contributed by atoms with Gasteiger partial charge in [0, 0.05) is 16.5 Å². The van der Waals surface area contributed by atoms with Gasteiger partial charge in [0.1, 0.15) is 0 Å². The fourth-order valence-corrected chi connectivity index (χ4v) is 3.54. The molecular weight excluding hydrogens is 316 g/mol. The molecule has 0 heterocycles. The first-order valence-corrected chi connectivity index (χ1v) is 7.71. The van der Waals surface area contributed by atoms with Crippen molar-refractivity contribution in [2.24, 2.45) is 0 Å². The Kier molecular flexibility index (Phi) is 3.32. The minimum atomic E-state index is -1.23. The van der Waals surface area contributed by atoms with Crippen LogP contribution < -0.4 is 0 Å². The van der Waals surface area contributed by atoms with Gasteiger partial charge in [-0.25, -0.2) is 4.79 Å². The fourth-order valence-electron chi connectivity index (χ4n) is 3.54. The van der Waals surface area contributed by atoms with Gasteiger partial charge in [-0.1, -0.05) is 48.5 Å². The van der Waals surface area contributed by atoms with E-state index in [1.54, 1.807) is 0 Å². The Morgan fingerprint density at radius 1 is 0.720 bits per heavy atom. The van der Waals surface area contributed by atoms with E-state index in [1.807, 2.05) is 48.5 Å². The summed E-state index contributed by atoms with van der Waals surface area (Å²) in [6.07, 6.45) is 1.01. The van der Waals surface area contributed by atoms with Crippen LogP contribution in [0.1, 0.15) is 31.1 Å². The van der Waals surface area contributed by atoms with Crippen molar-refractivity contribution in [3.05, 3.63) is 71.3 Å². The highest BCUT2D eigenvalue weighted by Gasteiger charge is 2.20. The summed E-state index contributed by atoms with van der Waals surface area (Å²) in [5.74, 6) is -1.23. The zero-order valence-corrected chi connectivity index (χ0v) is 13.0. The summed E-state index contributed by atoms with van der Waals surface area (Å²) in [5, 5.41) is 14.3. The van der Waals surface area contributed by atoms with Crippen molar-refractivity contribution in [2.45, 2.75) is 0 Å². The van der Waals surface area contributed by atoms with E-state index in [9.17, 15) is 19.5 Å². The standard InChI is InChI=1S/C21H12O4/c22-10-18-17(21(24)25)9-16-14-7-2-1-5-12(14)13-6-3-4-8-15(13)20(16)19(18)11-23/h1-11H,(H,24,25). The highest BCUT2D eigenvalue weighted by Crippen LogP contribution is 2.38. The first-order chi connectivity index (χ1) is 12.2. The molecule has 0 aliphatic heterocycles. The van der Waals surface area contributed by atoms with Gasteiger partial charge >= 0.3 is 5.97 Å².